The van der Waals surface area contributed by atoms with Crippen LogP contribution in [0.2, 0.25) is 0 Å². The van der Waals surface area contributed by atoms with Crippen LogP contribution in [0.4, 0.5) is 15.9 Å². The van der Waals surface area contributed by atoms with E-state index in [-0.39, 0.29) is 11.6 Å². The van der Waals surface area contributed by atoms with Gasteiger partial charge in [-0.3, -0.25) is 0 Å². The Morgan fingerprint density at radius 3 is 2.90 bits per heavy atom. The van der Waals surface area contributed by atoms with Gasteiger partial charge in [-0.15, -0.1) is 0 Å². The zero-order valence-electron chi connectivity index (χ0n) is 11.4. The molecule has 0 spiro atoms. The van der Waals surface area contributed by atoms with Crippen molar-refractivity contribution in [2.75, 3.05) is 5.32 Å². The molecule has 0 radical (unpaired) electrons. The van der Waals surface area contributed by atoms with Crippen LogP contribution in [0.15, 0.2) is 30.6 Å². The largest absolute Gasteiger partial charge is 0.359 e. The molecule has 102 valence electrons. The number of aryl methyl sites for hydroxylation is 2. The molecule has 0 aliphatic carbocycles. The number of rotatable bonds is 3. The highest BCUT2D eigenvalue weighted by Crippen LogP contribution is 2.23. The fourth-order valence-corrected chi connectivity index (χ4v) is 2.23. The zero-order valence-corrected chi connectivity index (χ0v) is 11.4. The van der Waals surface area contributed by atoms with E-state index in [9.17, 15) is 4.39 Å². The first-order valence-corrected chi connectivity index (χ1v) is 6.53. The number of fused-ring (bicyclic) bond motifs is 1. The van der Waals surface area contributed by atoms with Gasteiger partial charge in [0, 0.05) is 22.3 Å². The lowest BCUT2D eigenvalue weighted by Crippen LogP contribution is -2.02. The molecule has 0 saturated carbocycles. The maximum atomic E-state index is 14.1. The lowest BCUT2D eigenvalue weighted by molar-refractivity contribution is 0.599. The summed E-state index contributed by atoms with van der Waals surface area (Å²) in [5.41, 5.74) is 3.38. The molecule has 0 aliphatic heterocycles. The molecular formula is C15H15FN4. The summed E-state index contributed by atoms with van der Waals surface area (Å²) in [7, 11) is 0. The minimum atomic E-state index is -0.389. The number of anilines is 2. The first kappa shape index (κ1) is 12.6. The van der Waals surface area contributed by atoms with E-state index < -0.39 is 0 Å². The number of H-pyrrole nitrogens is 1. The van der Waals surface area contributed by atoms with Crippen LogP contribution in [0.25, 0.3) is 10.9 Å². The molecule has 3 aromatic rings. The number of benzene rings is 1. The van der Waals surface area contributed by atoms with E-state index in [1.165, 1.54) is 6.33 Å². The Bertz CT molecular complexity index is 764. The Morgan fingerprint density at radius 1 is 1.25 bits per heavy atom. The minimum absolute atomic E-state index is 0.212. The van der Waals surface area contributed by atoms with Gasteiger partial charge in [0.1, 0.15) is 6.33 Å². The van der Waals surface area contributed by atoms with E-state index in [1.807, 2.05) is 38.1 Å². The van der Waals surface area contributed by atoms with Gasteiger partial charge in [-0.1, -0.05) is 6.92 Å². The summed E-state index contributed by atoms with van der Waals surface area (Å²) < 4.78 is 14.1. The molecule has 3 rings (SSSR count). The van der Waals surface area contributed by atoms with Crippen molar-refractivity contribution >= 4 is 22.4 Å². The van der Waals surface area contributed by atoms with E-state index in [0.717, 1.165) is 22.3 Å². The summed E-state index contributed by atoms with van der Waals surface area (Å²) in [4.78, 5) is 11.1. The van der Waals surface area contributed by atoms with Gasteiger partial charge in [0.2, 0.25) is 0 Å². The van der Waals surface area contributed by atoms with Crippen LogP contribution >= 0.6 is 0 Å². The molecular weight excluding hydrogens is 255 g/mol. The normalized spacial score (nSPS) is 10.9. The highest BCUT2D eigenvalue weighted by Gasteiger charge is 2.10. The fraction of sp³-hybridized carbons (Fsp3) is 0.200. The summed E-state index contributed by atoms with van der Waals surface area (Å²) in [5.74, 6) is -0.177. The molecule has 0 fully saturated rings. The second kappa shape index (κ2) is 4.92. The third kappa shape index (κ3) is 2.22. The first-order valence-electron chi connectivity index (χ1n) is 6.53. The second-order valence-electron chi connectivity index (χ2n) is 4.72. The van der Waals surface area contributed by atoms with Crippen molar-refractivity contribution in [3.05, 3.63) is 47.8 Å². The molecule has 2 heterocycles. The molecule has 2 N–H and O–H groups in total. The molecule has 2 aromatic heterocycles. The molecule has 0 aliphatic rings. The van der Waals surface area contributed by atoms with Gasteiger partial charge >= 0.3 is 0 Å². The van der Waals surface area contributed by atoms with Gasteiger partial charge in [0.15, 0.2) is 11.6 Å². The number of aromatic nitrogens is 3. The van der Waals surface area contributed by atoms with Gasteiger partial charge in [-0.05, 0) is 37.6 Å². The first-order chi connectivity index (χ1) is 9.67. The van der Waals surface area contributed by atoms with Crippen LogP contribution in [-0.4, -0.2) is 15.0 Å². The highest BCUT2D eigenvalue weighted by molar-refractivity contribution is 5.84. The maximum absolute atomic E-state index is 14.1. The van der Waals surface area contributed by atoms with Crippen LogP contribution < -0.4 is 5.32 Å². The number of nitrogens with one attached hydrogen (secondary N) is 2. The molecule has 1 aromatic carbocycles. The average Bonchev–Trinajstić information content (AvgIpc) is 2.80. The van der Waals surface area contributed by atoms with Crippen LogP contribution in [0.1, 0.15) is 18.3 Å². The number of hydrogen-bond donors (Lipinski definition) is 2. The van der Waals surface area contributed by atoms with Crippen LogP contribution in [0.3, 0.4) is 0 Å². The van der Waals surface area contributed by atoms with Crippen LogP contribution in [0, 0.1) is 12.7 Å². The predicted molar refractivity (Wildman–Crippen MR) is 77.7 cm³/mol. The van der Waals surface area contributed by atoms with E-state index in [0.29, 0.717) is 12.1 Å². The van der Waals surface area contributed by atoms with E-state index >= 15 is 0 Å². The molecule has 0 saturated heterocycles. The van der Waals surface area contributed by atoms with Crippen molar-refractivity contribution in [3.63, 3.8) is 0 Å². The topological polar surface area (TPSA) is 53.6 Å². The Kier molecular flexibility index (Phi) is 3.10. The molecule has 20 heavy (non-hydrogen) atoms. The van der Waals surface area contributed by atoms with Gasteiger partial charge in [0.25, 0.3) is 0 Å². The van der Waals surface area contributed by atoms with E-state index in [4.69, 9.17) is 0 Å². The Balaban J connectivity index is 1.96. The van der Waals surface area contributed by atoms with Crippen LogP contribution in [-0.2, 0) is 6.42 Å². The van der Waals surface area contributed by atoms with Crippen molar-refractivity contribution in [1.82, 2.24) is 15.0 Å². The molecule has 4 nitrogen and oxygen atoms in total. The predicted octanol–water partition coefficient (Wildman–Crippen LogP) is 3.71. The van der Waals surface area contributed by atoms with Gasteiger partial charge in [-0.2, -0.15) is 0 Å². The van der Waals surface area contributed by atoms with Gasteiger partial charge < -0.3 is 10.3 Å². The monoisotopic (exact) mass is 270 g/mol. The van der Waals surface area contributed by atoms with Gasteiger partial charge in [-0.25, -0.2) is 14.4 Å². The number of nitrogens with zero attached hydrogens (tertiary/aromatic N) is 2. The van der Waals surface area contributed by atoms with Crippen LogP contribution in [0.5, 0.6) is 0 Å². The molecule has 0 atom stereocenters. The molecule has 5 heteroatoms. The SMILES string of the molecule is CCc1ncnc(Nc2ccc3[nH]c(C)cc3c2)c1F. The molecule has 0 bridgehead atoms. The number of hydrogen-bond acceptors (Lipinski definition) is 3. The Hall–Kier alpha value is -2.43. The third-order valence-electron chi connectivity index (χ3n) is 3.21. The van der Waals surface area contributed by atoms with Crippen molar-refractivity contribution in [2.45, 2.75) is 20.3 Å². The number of aromatic amines is 1. The lowest BCUT2D eigenvalue weighted by atomic mass is 10.2. The van der Waals surface area contributed by atoms with Gasteiger partial charge in [0.05, 0.1) is 5.69 Å². The average molecular weight is 270 g/mol. The van der Waals surface area contributed by atoms with Crippen molar-refractivity contribution in [1.29, 1.82) is 0 Å². The number of halogens is 1. The molecule has 0 unspecified atom stereocenters. The summed E-state index contributed by atoms with van der Waals surface area (Å²) in [6, 6.07) is 7.87. The van der Waals surface area contributed by atoms with Crippen molar-refractivity contribution in [3.8, 4) is 0 Å². The smallest absolute Gasteiger partial charge is 0.187 e. The summed E-state index contributed by atoms with van der Waals surface area (Å²) in [5, 5.41) is 4.09. The quantitative estimate of drug-likeness (QED) is 0.762. The van der Waals surface area contributed by atoms with Crippen molar-refractivity contribution in [2.24, 2.45) is 0 Å². The maximum Gasteiger partial charge on any atom is 0.187 e. The Labute approximate surface area is 116 Å². The summed E-state index contributed by atoms with van der Waals surface area (Å²) in [6.45, 7) is 3.87. The Morgan fingerprint density at radius 2 is 2.10 bits per heavy atom. The summed E-state index contributed by atoms with van der Waals surface area (Å²) >= 11 is 0. The van der Waals surface area contributed by atoms with E-state index in [2.05, 4.69) is 20.3 Å². The highest BCUT2D eigenvalue weighted by atomic mass is 19.1. The third-order valence-corrected chi connectivity index (χ3v) is 3.21. The van der Waals surface area contributed by atoms with Crippen molar-refractivity contribution < 1.29 is 4.39 Å². The fourth-order valence-electron chi connectivity index (χ4n) is 2.23. The lowest BCUT2D eigenvalue weighted by Gasteiger charge is -2.08. The zero-order chi connectivity index (χ0) is 14.1. The van der Waals surface area contributed by atoms with E-state index in [1.54, 1.807) is 0 Å². The standard InChI is InChI=1S/C15H15FN4/c1-3-12-14(16)15(18-8-17-12)20-11-4-5-13-10(7-11)6-9(2)19-13/h4-8,19H,3H2,1-2H3,(H,17,18,20). The molecule has 0 amide bonds. The summed E-state index contributed by atoms with van der Waals surface area (Å²) in [6.07, 6.45) is 1.92. The minimum Gasteiger partial charge on any atom is -0.359 e. The second-order valence-corrected chi connectivity index (χ2v) is 4.72.